The van der Waals surface area contributed by atoms with Crippen LogP contribution in [-0.2, 0) is 20.1 Å². The molecule has 34 heavy (non-hydrogen) atoms. The van der Waals surface area contributed by atoms with Gasteiger partial charge >= 0.3 is 0 Å². The first-order valence-corrected chi connectivity index (χ1v) is 10.6. The Bertz CT molecular complexity index is 1330. The van der Waals surface area contributed by atoms with Crippen molar-refractivity contribution in [1.29, 1.82) is 5.26 Å². The topological polar surface area (TPSA) is 49.6 Å². The normalized spacial score (nSPS) is 9.65. The molecule has 167 valence electrons. The van der Waals surface area contributed by atoms with E-state index in [1.807, 2.05) is 79.0 Å². The van der Waals surface area contributed by atoms with Crippen LogP contribution in [0.3, 0.4) is 0 Å². The summed E-state index contributed by atoms with van der Waals surface area (Å²) in [5, 5.41) is 8.98. The van der Waals surface area contributed by atoms with Gasteiger partial charge < -0.3 is 4.98 Å². The zero-order chi connectivity index (χ0) is 22.9. The van der Waals surface area contributed by atoms with Crippen LogP contribution in [0.5, 0.6) is 0 Å². The Labute approximate surface area is 214 Å². The number of hydrogen-bond donors (Lipinski definition) is 0. The second kappa shape index (κ2) is 12.4. The number of pyridine rings is 2. The van der Waals surface area contributed by atoms with Crippen LogP contribution >= 0.6 is 0 Å². The standard InChI is InChI=1S/C19H13N2.C11H8N.Ir/c1-14-13-21-19(17-9-5-6-15(10-17)12-20)11-18(14)16-7-3-2-4-8-16;1-2-6-10(7-3-1)11-8-4-5-9-12-11;/h2-9,11,13H,1H3;1-6,8-9H;/q2*-1;. The van der Waals surface area contributed by atoms with E-state index in [4.69, 9.17) is 5.26 Å². The fourth-order valence-electron chi connectivity index (χ4n) is 3.36. The molecule has 2 aromatic heterocycles. The summed E-state index contributed by atoms with van der Waals surface area (Å²) in [5.74, 6) is 0. The average Bonchev–Trinajstić information content (AvgIpc) is 2.91. The molecule has 0 N–H and O–H groups in total. The molecule has 0 aliphatic rings. The van der Waals surface area contributed by atoms with Gasteiger partial charge in [-0.2, -0.15) is 0 Å². The summed E-state index contributed by atoms with van der Waals surface area (Å²) >= 11 is 0. The van der Waals surface area contributed by atoms with E-state index >= 15 is 0 Å². The molecule has 3 aromatic carbocycles. The van der Waals surface area contributed by atoms with Crippen molar-refractivity contribution in [2.24, 2.45) is 0 Å². The summed E-state index contributed by atoms with van der Waals surface area (Å²) in [6, 6.07) is 39.8. The van der Waals surface area contributed by atoms with Crippen molar-refractivity contribution in [2.45, 2.75) is 6.92 Å². The smallest absolute Gasteiger partial charge is 0.0218 e. The van der Waals surface area contributed by atoms with Gasteiger partial charge in [0.1, 0.15) is 0 Å². The van der Waals surface area contributed by atoms with Crippen LogP contribution in [0.25, 0.3) is 33.6 Å². The van der Waals surface area contributed by atoms with Gasteiger partial charge in [-0.1, -0.05) is 59.7 Å². The fraction of sp³-hybridized carbons (Fsp3) is 0.0333. The van der Waals surface area contributed by atoms with Gasteiger partial charge in [0.25, 0.3) is 0 Å². The summed E-state index contributed by atoms with van der Waals surface area (Å²) in [7, 11) is 0. The van der Waals surface area contributed by atoms with Gasteiger partial charge in [-0.25, -0.2) is 5.26 Å². The number of aromatic nitrogens is 2. The maximum Gasteiger partial charge on any atom is 0.0218 e. The van der Waals surface area contributed by atoms with Gasteiger partial charge in [-0.3, -0.25) is 4.98 Å². The minimum absolute atomic E-state index is 0. The molecule has 3 nitrogen and oxygen atoms in total. The van der Waals surface area contributed by atoms with Gasteiger partial charge in [0.15, 0.2) is 0 Å². The summed E-state index contributed by atoms with van der Waals surface area (Å²) < 4.78 is 0. The fourth-order valence-corrected chi connectivity index (χ4v) is 3.36. The van der Waals surface area contributed by atoms with Crippen molar-refractivity contribution >= 4 is 0 Å². The molecule has 0 saturated carbocycles. The van der Waals surface area contributed by atoms with Gasteiger partial charge in [0, 0.05) is 38.2 Å². The molecule has 0 amide bonds. The predicted octanol–water partition coefficient (Wildman–Crippen LogP) is 6.94. The monoisotopic (exact) mass is 616 g/mol. The number of hydrogen-bond acceptors (Lipinski definition) is 3. The second-order valence-electron chi connectivity index (χ2n) is 7.33. The first kappa shape index (κ1) is 24.7. The SMILES string of the molecule is Cc1cnc(-c2[c-]c(C#N)ccc2)cc1-c1ccccc1.[Ir].[c-]1ccccc1-c1ccccn1. The van der Waals surface area contributed by atoms with E-state index in [1.54, 1.807) is 12.3 Å². The van der Waals surface area contributed by atoms with E-state index in [1.165, 1.54) is 0 Å². The van der Waals surface area contributed by atoms with Gasteiger partial charge in [0.2, 0.25) is 0 Å². The van der Waals surface area contributed by atoms with Gasteiger partial charge in [0.05, 0.1) is 0 Å². The van der Waals surface area contributed by atoms with E-state index in [0.717, 1.165) is 39.2 Å². The minimum atomic E-state index is 0. The van der Waals surface area contributed by atoms with Crippen LogP contribution in [-0.4, -0.2) is 9.97 Å². The Morgan fingerprint density at radius 1 is 0.765 bits per heavy atom. The van der Waals surface area contributed by atoms with E-state index in [2.05, 4.69) is 53.3 Å². The van der Waals surface area contributed by atoms with Crippen LogP contribution in [0.4, 0.5) is 0 Å². The van der Waals surface area contributed by atoms with Crippen molar-refractivity contribution < 1.29 is 20.1 Å². The van der Waals surface area contributed by atoms with Crippen molar-refractivity contribution in [1.82, 2.24) is 9.97 Å². The summed E-state index contributed by atoms with van der Waals surface area (Å²) in [6.07, 6.45) is 3.65. The number of nitrogens with zero attached hydrogens (tertiary/aromatic N) is 3. The predicted molar refractivity (Wildman–Crippen MR) is 132 cm³/mol. The molecule has 0 aliphatic heterocycles. The van der Waals surface area contributed by atoms with Crippen LogP contribution in [0.1, 0.15) is 11.1 Å². The molecule has 0 fully saturated rings. The van der Waals surface area contributed by atoms with Gasteiger partial charge in [-0.15, -0.1) is 60.2 Å². The molecule has 5 aromatic rings. The molecule has 2 heterocycles. The molecule has 1 radical (unpaired) electrons. The average molecular weight is 616 g/mol. The molecule has 0 unspecified atom stereocenters. The summed E-state index contributed by atoms with van der Waals surface area (Å²) in [4.78, 5) is 8.69. The first-order valence-electron chi connectivity index (χ1n) is 10.6. The molecule has 0 aliphatic carbocycles. The molecule has 5 rings (SSSR count). The van der Waals surface area contributed by atoms with E-state index in [9.17, 15) is 0 Å². The Morgan fingerprint density at radius 2 is 1.53 bits per heavy atom. The zero-order valence-electron chi connectivity index (χ0n) is 18.6. The molecule has 4 heteroatoms. The zero-order valence-corrected chi connectivity index (χ0v) is 21.0. The summed E-state index contributed by atoms with van der Waals surface area (Å²) in [5.41, 5.74) is 7.64. The second-order valence-corrected chi connectivity index (χ2v) is 7.33. The summed E-state index contributed by atoms with van der Waals surface area (Å²) in [6.45, 7) is 2.05. The first-order chi connectivity index (χ1) is 16.2. The van der Waals surface area contributed by atoms with E-state index in [0.29, 0.717) is 5.56 Å². The van der Waals surface area contributed by atoms with Crippen LogP contribution in [0, 0.1) is 30.4 Å². The molecule has 0 bridgehead atoms. The Hall–Kier alpha value is -3.90. The van der Waals surface area contributed by atoms with Crippen LogP contribution in [0.15, 0.2) is 109 Å². The molecule has 0 atom stereocenters. The third-order valence-corrected chi connectivity index (χ3v) is 5.03. The number of benzene rings is 3. The third-order valence-electron chi connectivity index (χ3n) is 5.03. The molecule has 0 spiro atoms. The van der Waals surface area contributed by atoms with E-state index in [-0.39, 0.29) is 20.1 Å². The maximum atomic E-state index is 8.98. The minimum Gasteiger partial charge on any atom is -0.305 e. The Balaban J connectivity index is 0.000000212. The van der Waals surface area contributed by atoms with Crippen LogP contribution in [0.2, 0.25) is 0 Å². The molecular formula is C30H21IrN3-2. The van der Waals surface area contributed by atoms with Crippen LogP contribution < -0.4 is 0 Å². The largest absolute Gasteiger partial charge is 0.305 e. The third kappa shape index (κ3) is 6.33. The maximum absolute atomic E-state index is 8.98. The molecular weight excluding hydrogens is 595 g/mol. The quantitative estimate of drug-likeness (QED) is 0.207. The van der Waals surface area contributed by atoms with E-state index < -0.39 is 0 Å². The van der Waals surface area contributed by atoms with Crippen molar-refractivity contribution in [3.05, 3.63) is 133 Å². The Kier molecular flexibility index (Phi) is 9.00. The number of aryl methyl sites for hydroxylation is 1. The molecule has 0 saturated heterocycles. The van der Waals surface area contributed by atoms with Crippen molar-refractivity contribution in [2.75, 3.05) is 0 Å². The van der Waals surface area contributed by atoms with Crippen molar-refractivity contribution in [3.63, 3.8) is 0 Å². The van der Waals surface area contributed by atoms with Crippen molar-refractivity contribution in [3.8, 4) is 39.7 Å². The number of nitriles is 1. The van der Waals surface area contributed by atoms with Gasteiger partial charge in [-0.05, 0) is 41.4 Å². The number of rotatable bonds is 3. The Morgan fingerprint density at radius 3 is 2.24 bits per heavy atom.